The molecule has 5 rings (SSSR count). The Bertz CT molecular complexity index is 1300. The maximum Gasteiger partial charge on any atom is 0.332 e. The Kier molecular flexibility index (Phi) is 8.56. The number of methoxy groups -OCH3 is 1. The van der Waals surface area contributed by atoms with Crippen LogP contribution < -0.4 is 14.8 Å². The Labute approximate surface area is 240 Å². The number of carbonyl (C=O) groups excluding carboxylic acids is 3. The maximum absolute atomic E-state index is 13.8. The van der Waals surface area contributed by atoms with Gasteiger partial charge in [-0.05, 0) is 45.4 Å². The Balaban J connectivity index is 1.40. The van der Waals surface area contributed by atoms with Gasteiger partial charge in [0.05, 0.1) is 31.2 Å². The highest BCUT2D eigenvalue weighted by molar-refractivity contribution is 5.95. The summed E-state index contributed by atoms with van der Waals surface area (Å²) in [4.78, 5) is 50.9. The number of allylic oxidation sites excluding steroid dienone is 1. The molecule has 1 aromatic carbocycles. The number of rotatable bonds is 6. The fraction of sp³-hybridized carbons (Fsp3) is 0.516. The highest BCUT2D eigenvalue weighted by Gasteiger charge is 2.62. The highest BCUT2D eigenvalue weighted by Crippen LogP contribution is 2.47. The zero-order valence-corrected chi connectivity index (χ0v) is 23.9. The van der Waals surface area contributed by atoms with Crippen LogP contribution in [-0.2, 0) is 19.1 Å². The van der Waals surface area contributed by atoms with Crippen molar-refractivity contribution in [1.29, 1.82) is 0 Å². The van der Waals surface area contributed by atoms with Crippen molar-refractivity contribution < 1.29 is 28.6 Å². The van der Waals surface area contributed by atoms with Crippen LogP contribution in [0.4, 0.5) is 0 Å². The SMILES string of the molecule is CCOC(=O)C12CC1/C=C/CCCCN(C)C(=O)C1CC(Oc3cc(-c4ccccc4)nc(OC)n3)CC1C(=O)N2. The average molecular weight is 563 g/mol. The van der Waals surface area contributed by atoms with E-state index < -0.39 is 29.4 Å². The number of amides is 2. The molecule has 5 atom stereocenters. The van der Waals surface area contributed by atoms with Crippen molar-refractivity contribution in [1.82, 2.24) is 20.2 Å². The third-order valence-electron chi connectivity index (χ3n) is 8.25. The van der Waals surface area contributed by atoms with Gasteiger partial charge in [-0.2, -0.15) is 9.97 Å². The number of hydrogen-bond donors (Lipinski definition) is 1. The maximum atomic E-state index is 13.8. The van der Waals surface area contributed by atoms with Crippen molar-refractivity contribution in [3.05, 3.63) is 48.6 Å². The van der Waals surface area contributed by atoms with Gasteiger partial charge in [-0.3, -0.25) is 9.59 Å². The summed E-state index contributed by atoms with van der Waals surface area (Å²) in [5, 5.41) is 3.01. The van der Waals surface area contributed by atoms with Crippen LogP contribution in [0.5, 0.6) is 11.9 Å². The fourth-order valence-corrected chi connectivity index (χ4v) is 5.92. The fourth-order valence-electron chi connectivity index (χ4n) is 5.92. The average Bonchev–Trinajstić information content (AvgIpc) is 3.51. The van der Waals surface area contributed by atoms with E-state index in [1.165, 1.54) is 7.11 Å². The molecule has 10 heteroatoms. The van der Waals surface area contributed by atoms with Crippen LogP contribution in [0.15, 0.2) is 48.6 Å². The zero-order chi connectivity index (χ0) is 29.0. The molecule has 2 heterocycles. The highest BCUT2D eigenvalue weighted by atomic mass is 16.5. The van der Waals surface area contributed by atoms with E-state index in [1.54, 1.807) is 24.9 Å². The molecule has 0 radical (unpaired) electrons. The van der Waals surface area contributed by atoms with Gasteiger partial charge in [0.25, 0.3) is 0 Å². The lowest BCUT2D eigenvalue weighted by Crippen LogP contribution is -2.50. The summed E-state index contributed by atoms with van der Waals surface area (Å²) in [6, 6.07) is 11.5. The summed E-state index contributed by atoms with van der Waals surface area (Å²) in [6.07, 6.45) is 7.41. The molecule has 3 aliphatic rings. The second-order valence-corrected chi connectivity index (χ2v) is 11.0. The van der Waals surface area contributed by atoms with E-state index in [0.29, 0.717) is 37.4 Å². The van der Waals surface area contributed by atoms with Crippen molar-refractivity contribution in [2.24, 2.45) is 17.8 Å². The topological polar surface area (TPSA) is 120 Å². The second kappa shape index (κ2) is 12.3. The quantitative estimate of drug-likeness (QED) is 0.419. The van der Waals surface area contributed by atoms with Crippen LogP contribution in [0.1, 0.15) is 45.4 Å². The predicted molar refractivity (Wildman–Crippen MR) is 151 cm³/mol. The number of fused-ring (bicyclic) bond motifs is 2. The third-order valence-corrected chi connectivity index (χ3v) is 8.25. The lowest BCUT2D eigenvalue weighted by molar-refractivity contribution is -0.150. The minimum Gasteiger partial charge on any atom is -0.474 e. The molecule has 218 valence electrons. The van der Waals surface area contributed by atoms with Gasteiger partial charge in [-0.15, -0.1) is 0 Å². The summed E-state index contributed by atoms with van der Waals surface area (Å²) in [6.45, 7) is 2.59. The lowest BCUT2D eigenvalue weighted by atomic mass is 9.93. The predicted octanol–water partition coefficient (Wildman–Crippen LogP) is 3.56. The minimum atomic E-state index is -1.09. The van der Waals surface area contributed by atoms with E-state index in [4.69, 9.17) is 14.2 Å². The number of esters is 1. The van der Waals surface area contributed by atoms with E-state index in [0.717, 1.165) is 24.8 Å². The molecular formula is C31H38N4O6. The normalized spacial score (nSPS) is 28.9. The Morgan fingerprint density at radius 3 is 2.66 bits per heavy atom. The summed E-state index contributed by atoms with van der Waals surface area (Å²) >= 11 is 0. The summed E-state index contributed by atoms with van der Waals surface area (Å²) < 4.78 is 17.0. The molecule has 2 aromatic rings. The number of ether oxygens (including phenoxy) is 3. The van der Waals surface area contributed by atoms with Crippen molar-refractivity contribution >= 4 is 17.8 Å². The molecule has 1 N–H and O–H groups in total. The van der Waals surface area contributed by atoms with Crippen LogP contribution in [0.2, 0.25) is 0 Å². The Morgan fingerprint density at radius 2 is 1.90 bits per heavy atom. The number of benzene rings is 1. The smallest absolute Gasteiger partial charge is 0.332 e. The van der Waals surface area contributed by atoms with Crippen LogP contribution in [0.25, 0.3) is 11.3 Å². The van der Waals surface area contributed by atoms with Gasteiger partial charge in [-0.1, -0.05) is 42.5 Å². The monoisotopic (exact) mass is 562 g/mol. The van der Waals surface area contributed by atoms with Gasteiger partial charge in [0.2, 0.25) is 17.7 Å². The van der Waals surface area contributed by atoms with Crippen LogP contribution in [0.3, 0.4) is 0 Å². The van der Waals surface area contributed by atoms with Crippen molar-refractivity contribution in [2.45, 2.75) is 57.1 Å². The molecule has 41 heavy (non-hydrogen) atoms. The van der Waals surface area contributed by atoms with Crippen molar-refractivity contribution in [3.63, 3.8) is 0 Å². The molecule has 0 bridgehead atoms. The summed E-state index contributed by atoms with van der Waals surface area (Å²) in [7, 11) is 3.27. The number of carbonyl (C=O) groups is 3. The summed E-state index contributed by atoms with van der Waals surface area (Å²) in [5.74, 6) is -1.90. The third kappa shape index (κ3) is 6.21. The number of nitrogens with one attached hydrogen (secondary N) is 1. The lowest BCUT2D eigenvalue weighted by Gasteiger charge is -2.26. The van der Waals surface area contributed by atoms with Crippen molar-refractivity contribution in [3.8, 4) is 23.1 Å². The second-order valence-electron chi connectivity index (χ2n) is 11.0. The molecule has 2 aliphatic carbocycles. The molecule has 5 unspecified atom stereocenters. The van der Waals surface area contributed by atoms with E-state index in [9.17, 15) is 14.4 Å². The first-order valence-corrected chi connectivity index (χ1v) is 14.4. The van der Waals surface area contributed by atoms with Gasteiger partial charge < -0.3 is 24.4 Å². The molecule has 0 saturated heterocycles. The Hall–Kier alpha value is -3.95. The van der Waals surface area contributed by atoms with Gasteiger partial charge in [0.15, 0.2) is 0 Å². The van der Waals surface area contributed by atoms with Crippen LogP contribution in [-0.4, -0.2) is 71.6 Å². The number of aromatic nitrogens is 2. The molecule has 2 fully saturated rings. The number of nitrogens with zero attached hydrogens (tertiary/aromatic N) is 3. The number of hydrogen-bond acceptors (Lipinski definition) is 8. The van der Waals surface area contributed by atoms with E-state index in [2.05, 4.69) is 21.4 Å². The zero-order valence-electron chi connectivity index (χ0n) is 23.9. The van der Waals surface area contributed by atoms with Crippen LogP contribution >= 0.6 is 0 Å². The summed E-state index contributed by atoms with van der Waals surface area (Å²) in [5.41, 5.74) is 0.435. The van der Waals surface area contributed by atoms with E-state index in [-0.39, 0.29) is 30.3 Å². The largest absolute Gasteiger partial charge is 0.474 e. The molecule has 1 aromatic heterocycles. The molecule has 10 nitrogen and oxygen atoms in total. The Morgan fingerprint density at radius 1 is 1.12 bits per heavy atom. The molecule has 2 amide bonds. The van der Waals surface area contributed by atoms with E-state index in [1.807, 2.05) is 36.4 Å². The van der Waals surface area contributed by atoms with Gasteiger partial charge >= 0.3 is 12.0 Å². The first-order chi connectivity index (χ1) is 19.8. The van der Waals surface area contributed by atoms with Gasteiger partial charge in [0.1, 0.15) is 11.6 Å². The standard InChI is InChI=1S/C31H38N4O6/c1-4-40-29(38)31-19-21(31)14-10-5-6-11-15-35(2)28(37)24-17-22(16-23(24)27(36)34-31)41-26-18-25(32-30(33-26)39-3)20-12-8-7-9-13-20/h7-10,12-14,18,21-24H,4-6,11,15-17,19H2,1-3H3,(H,34,36)/b14-10+. The van der Waals surface area contributed by atoms with Gasteiger partial charge in [-0.25, -0.2) is 4.79 Å². The molecular weight excluding hydrogens is 524 g/mol. The first-order valence-electron chi connectivity index (χ1n) is 14.4. The minimum absolute atomic E-state index is 0.0911. The van der Waals surface area contributed by atoms with Gasteiger partial charge in [0, 0.05) is 31.1 Å². The first kappa shape index (κ1) is 28.6. The van der Waals surface area contributed by atoms with Crippen LogP contribution in [0, 0.1) is 17.8 Å². The molecule has 1 aliphatic heterocycles. The molecule has 0 spiro atoms. The van der Waals surface area contributed by atoms with E-state index >= 15 is 0 Å². The van der Waals surface area contributed by atoms with Crippen molar-refractivity contribution in [2.75, 3.05) is 27.3 Å². The molecule has 2 saturated carbocycles.